The third-order valence-electron chi connectivity index (χ3n) is 2.17. The third-order valence-corrected chi connectivity index (χ3v) is 2.29. The Labute approximate surface area is 113 Å². The summed E-state index contributed by atoms with van der Waals surface area (Å²) in [6.45, 7) is 5.80. The van der Waals surface area contributed by atoms with Crippen molar-refractivity contribution in [1.29, 1.82) is 0 Å². The van der Waals surface area contributed by atoms with Crippen LogP contribution >= 0.6 is 12.2 Å². The Hall–Kier alpha value is -1.62. The van der Waals surface area contributed by atoms with Crippen molar-refractivity contribution in [2.75, 3.05) is 11.9 Å². The number of benzene rings is 1. The predicted octanol–water partition coefficient (Wildman–Crippen LogP) is 2.34. The first-order chi connectivity index (χ1) is 8.29. The van der Waals surface area contributed by atoms with Gasteiger partial charge in [-0.3, -0.25) is 4.79 Å². The van der Waals surface area contributed by atoms with Gasteiger partial charge in [-0.05, 0) is 24.3 Å². The highest BCUT2D eigenvalue weighted by molar-refractivity contribution is 7.80. The summed E-state index contributed by atoms with van der Waals surface area (Å²) in [4.78, 5) is 12.1. The molecule has 0 fully saturated rings. The second-order valence-electron chi connectivity index (χ2n) is 4.98. The smallest absolute Gasteiger partial charge is 0.229 e. The van der Waals surface area contributed by atoms with E-state index in [0.717, 1.165) is 5.69 Å². The maximum Gasteiger partial charge on any atom is 0.229 e. The van der Waals surface area contributed by atoms with Crippen molar-refractivity contribution < 1.29 is 9.53 Å². The van der Waals surface area contributed by atoms with Crippen molar-refractivity contribution >= 4 is 28.8 Å². The molecule has 0 bridgehead atoms. The minimum atomic E-state index is -0.416. The van der Waals surface area contributed by atoms with Gasteiger partial charge in [-0.15, -0.1) is 0 Å². The Morgan fingerprint density at radius 1 is 1.33 bits per heavy atom. The summed E-state index contributed by atoms with van der Waals surface area (Å²) in [6.07, 6.45) is 0. The average Bonchev–Trinajstić information content (AvgIpc) is 2.26. The third kappa shape index (κ3) is 4.71. The number of hydrogen-bond donors (Lipinski definition) is 2. The molecule has 0 aliphatic rings. The fraction of sp³-hybridized carbons (Fsp3) is 0.385. The molecule has 0 aromatic heterocycles. The van der Waals surface area contributed by atoms with E-state index in [9.17, 15) is 4.79 Å². The first-order valence-electron chi connectivity index (χ1n) is 5.61. The number of ether oxygens (including phenoxy) is 1. The van der Waals surface area contributed by atoms with Gasteiger partial charge in [0.1, 0.15) is 17.3 Å². The van der Waals surface area contributed by atoms with E-state index < -0.39 is 5.41 Å². The van der Waals surface area contributed by atoms with Crippen LogP contribution in [0.4, 0.5) is 5.69 Å². The van der Waals surface area contributed by atoms with Crippen molar-refractivity contribution in [1.82, 2.24) is 0 Å². The van der Waals surface area contributed by atoms with Gasteiger partial charge in [0.25, 0.3) is 0 Å². The predicted molar refractivity (Wildman–Crippen MR) is 76.8 cm³/mol. The minimum Gasteiger partial charge on any atom is -0.487 e. The SMILES string of the molecule is CC(C)(C)C(=O)Nc1ccc(OCC(N)=S)cc1. The summed E-state index contributed by atoms with van der Waals surface area (Å²) < 4.78 is 5.32. The monoisotopic (exact) mass is 266 g/mol. The Bertz CT molecular complexity index is 435. The number of carbonyl (C=O) groups excluding carboxylic acids is 1. The minimum absolute atomic E-state index is 0.0284. The number of hydrogen-bond acceptors (Lipinski definition) is 3. The molecule has 0 aliphatic carbocycles. The van der Waals surface area contributed by atoms with E-state index in [1.807, 2.05) is 20.8 Å². The topological polar surface area (TPSA) is 64.3 Å². The first kappa shape index (κ1) is 14.4. The molecule has 0 atom stereocenters. The van der Waals surface area contributed by atoms with Crippen LogP contribution in [0.5, 0.6) is 5.75 Å². The molecule has 1 aromatic rings. The molecule has 0 aliphatic heterocycles. The molecule has 18 heavy (non-hydrogen) atoms. The zero-order chi connectivity index (χ0) is 13.8. The molecule has 0 radical (unpaired) electrons. The normalized spacial score (nSPS) is 10.8. The molecule has 0 saturated heterocycles. The Kier molecular flexibility index (Phi) is 4.67. The lowest BCUT2D eigenvalue weighted by atomic mass is 9.95. The summed E-state index contributed by atoms with van der Waals surface area (Å²) in [7, 11) is 0. The molecule has 0 unspecified atom stereocenters. The van der Waals surface area contributed by atoms with E-state index >= 15 is 0 Å². The van der Waals surface area contributed by atoms with Crippen LogP contribution in [0, 0.1) is 5.41 Å². The summed E-state index contributed by atoms with van der Waals surface area (Å²) in [5.41, 5.74) is 5.65. The van der Waals surface area contributed by atoms with Crippen molar-refractivity contribution in [3.8, 4) is 5.75 Å². The number of thiocarbonyl (C=S) groups is 1. The van der Waals surface area contributed by atoms with Crippen LogP contribution in [0.2, 0.25) is 0 Å². The highest BCUT2D eigenvalue weighted by Gasteiger charge is 2.20. The van der Waals surface area contributed by atoms with Gasteiger partial charge in [0, 0.05) is 11.1 Å². The molecular formula is C13H18N2O2S. The van der Waals surface area contributed by atoms with Gasteiger partial charge >= 0.3 is 0 Å². The van der Waals surface area contributed by atoms with Gasteiger partial charge in [-0.25, -0.2) is 0 Å². The molecule has 4 nitrogen and oxygen atoms in total. The van der Waals surface area contributed by atoms with Crippen LogP contribution in [0.25, 0.3) is 0 Å². The van der Waals surface area contributed by atoms with Crippen LogP contribution in [-0.4, -0.2) is 17.5 Å². The van der Waals surface area contributed by atoms with Crippen molar-refractivity contribution in [2.45, 2.75) is 20.8 Å². The Balaban J connectivity index is 2.60. The second kappa shape index (κ2) is 5.82. The lowest BCUT2D eigenvalue weighted by Crippen LogP contribution is -2.27. The van der Waals surface area contributed by atoms with Crippen molar-refractivity contribution in [3.63, 3.8) is 0 Å². The van der Waals surface area contributed by atoms with Gasteiger partial charge in [0.05, 0.1) is 0 Å². The molecule has 98 valence electrons. The van der Waals surface area contributed by atoms with Gasteiger partial charge in [0.2, 0.25) is 5.91 Å². The van der Waals surface area contributed by atoms with E-state index in [-0.39, 0.29) is 12.5 Å². The Morgan fingerprint density at radius 3 is 2.33 bits per heavy atom. The molecule has 0 heterocycles. The summed E-state index contributed by atoms with van der Waals surface area (Å²) in [5.74, 6) is 0.635. The van der Waals surface area contributed by atoms with Gasteiger partial charge in [0.15, 0.2) is 0 Å². The number of rotatable bonds is 4. The Morgan fingerprint density at radius 2 is 1.89 bits per heavy atom. The molecule has 1 amide bonds. The van der Waals surface area contributed by atoms with Crippen molar-refractivity contribution in [3.05, 3.63) is 24.3 Å². The fourth-order valence-corrected chi connectivity index (χ4v) is 1.17. The summed E-state index contributed by atoms with van der Waals surface area (Å²) >= 11 is 4.71. The maximum atomic E-state index is 11.8. The number of amides is 1. The highest BCUT2D eigenvalue weighted by Crippen LogP contribution is 2.19. The van der Waals surface area contributed by atoms with E-state index in [1.165, 1.54) is 0 Å². The van der Waals surface area contributed by atoms with E-state index in [4.69, 9.17) is 22.7 Å². The van der Waals surface area contributed by atoms with Gasteiger partial charge in [-0.2, -0.15) is 0 Å². The van der Waals surface area contributed by atoms with Crippen LogP contribution in [0.1, 0.15) is 20.8 Å². The van der Waals surface area contributed by atoms with E-state index in [0.29, 0.717) is 10.7 Å². The quantitative estimate of drug-likeness (QED) is 0.821. The first-order valence-corrected chi connectivity index (χ1v) is 6.02. The molecule has 5 heteroatoms. The second-order valence-corrected chi connectivity index (χ2v) is 5.51. The summed E-state index contributed by atoms with van der Waals surface area (Å²) in [6, 6.07) is 7.07. The number of carbonyl (C=O) groups is 1. The molecule has 0 spiro atoms. The van der Waals surface area contributed by atoms with E-state index in [1.54, 1.807) is 24.3 Å². The van der Waals surface area contributed by atoms with Gasteiger partial charge < -0.3 is 15.8 Å². The molecule has 0 saturated carbocycles. The molecular weight excluding hydrogens is 248 g/mol. The lowest BCUT2D eigenvalue weighted by molar-refractivity contribution is -0.123. The van der Waals surface area contributed by atoms with Crippen LogP contribution in [0.15, 0.2) is 24.3 Å². The van der Waals surface area contributed by atoms with Crippen LogP contribution in [-0.2, 0) is 4.79 Å². The standard InChI is InChI=1S/C13H18N2O2S/c1-13(2,3)12(16)15-9-4-6-10(7-5-9)17-8-11(14)18/h4-7H,8H2,1-3H3,(H2,14,18)(H,15,16). The zero-order valence-corrected chi connectivity index (χ0v) is 11.6. The molecule has 1 aromatic carbocycles. The number of nitrogens with one attached hydrogen (secondary N) is 1. The van der Waals surface area contributed by atoms with Crippen LogP contribution in [0.3, 0.4) is 0 Å². The van der Waals surface area contributed by atoms with Crippen LogP contribution < -0.4 is 15.8 Å². The molecule has 3 N–H and O–H groups in total. The van der Waals surface area contributed by atoms with E-state index in [2.05, 4.69) is 5.32 Å². The number of anilines is 1. The molecule has 1 rings (SSSR count). The largest absolute Gasteiger partial charge is 0.487 e. The lowest BCUT2D eigenvalue weighted by Gasteiger charge is -2.17. The zero-order valence-electron chi connectivity index (χ0n) is 10.8. The number of nitrogens with two attached hydrogens (primary N) is 1. The average molecular weight is 266 g/mol. The summed E-state index contributed by atoms with van der Waals surface area (Å²) in [5, 5.41) is 2.83. The fourth-order valence-electron chi connectivity index (χ4n) is 1.11. The van der Waals surface area contributed by atoms with Gasteiger partial charge in [-0.1, -0.05) is 33.0 Å². The van der Waals surface area contributed by atoms with Crippen molar-refractivity contribution in [2.24, 2.45) is 11.1 Å². The maximum absolute atomic E-state index is 11.8. The highest BCUT2D eigenvalue weighted by atomic mass is 32.1.